The van der Waals surface area contributed by atoms with Crippen molar-refractivity contribution < 1.29 is 9.53 Å². The molecule has 0 aliphatic heterocycles. The molecule has 0 radical (unpaired) electrons. The molecule has 0 unspecified atom stereocenters. The van der Waals surface area contributed by atoms with Crippen LogP contribution in [0.2, 0.25) is 0 Å². The molecule has 0 fully saturated rings. The summed E-state index contributed by atoms with van der Waals surface area (Å²) < 4.78 is 6.55. The number of nitrogens with zero attached hydrogens (tertiary/aromatic N) is 4. The number of aromatic nitrogens is 4. The van der Waals surface area contributed by atoms with Crippen LogP contribution in [0.4, 0.5) is 0 Å². The van der Waals surface area contributed by atoms with E-state index in [2.05, 4.69) is 29.1 Å². The zero-order chi connectivity index (χ0) is 14.9. The summed E-state index contributed by atoms with van der Waals surface area (Å²) in [5, 5.41) is 9.03. The fourth-order valence-electron chi connectivity index (χ4n) is 2.00. The Balaban J connectivity index is 2.60. The summed E-state index contributed by atoms with van der Waals surface area (Å²) in [6.07, 6.45) is 0. The number of esters is 1. The van der Waals surface area contributed by atoms with Crippen LogP contribution in [0.3, 0.4) is 0 Å². The molecule has 2 aromatic rings. The Morgan fingerprint density at radius 2 is 2.10 bits per heavy atom. The minimum Gasteiger partial charge on any atom is -0.464 e. The molecule has 0 spiro atoms. The minimum absolute atomic E-state index is 0.250. The molecule has 2 aromatic heterocycles. The van der Waals surface area contributed by atoms with E-state index in [1.165, 1.54) is 18.4 Å². The Hall–Kier alpha value is -1.76. The molecule has 20 heavy (non-hydrogen) atoms. The SMILES string of the molecule is COC(=O)c1nnn(CC(C)C)c1-c1sc(C)nc1C. The number of ether oxygens (including phenoxy) is 1. The molecule has 6 nitrogen and oxygen atoms in total. The van der Waals surface area contributed by atoms with Crippen LogP contribution in [-0.4, -0.2) is 33.1 Å². The third-order valence-electron chi connectivity index (χ3n) is 2.77. The largest absolute Gasteiger partial charge is 0.464 e. The first-order chi connectivity index (χ1) is 9.43. The Kier molecular flexibility index (Phi) is 4.17. The van der Waals surface area contributed by atoms with Gasteiger partial charge in [-0.25, -0.2) is 14.5 Å². The molecule has 108 valence electrons. The summed E-state index contributed by atoms with van der Waals surface area (Å²) >= 11 is 1.54. The highest BCUT2D eigenvalue weighted by atomic mass is 32.1. The Labute approximate surface area is 121 Å². The maximum Gasteiger partial charge on any atom is 0.360 e. The monoisotopic (exact) mass is 294 g/mol. The quantitative estimate of drug-likeness (QED) is 0.810. The van der Waals surface area contributed by atoms with Crippen molar-refractivity contribution >= 4 is 17.3 Å². The van der Waals surface area contributed by atoms with Crippen LogP contribution in [0.25, 0.3) is 10.6 Å². The van der Waals surface area contributed by atoms with Gasteiger partial charge in [0.25, 0.3) is 0 Å². The Morgan fingerprint density at radius 3 is 2.60 bits per heavy atom. The first kappa shape index (κ1) is 14.6. The molecular formula is C13H18N4O2S. The van der Waals surface area contributed by atoms with Crippen molar-refractivity contribution in [3.05, 3.63) is 16.4 Å². The van der Waals surface area contributed by atoms with E-state index < -0.39 is 5.97 Å². The number of thiazole rings is 1. The van der Waals surface area contributed by atoms with Crippen LogP contribution in [0.15, 0.2) is 0 Å². The third-order valence-corrected chi connectivity index (χ3v) is 3.85. The molecule has 0 amide bonds. The molecule has 0 aliphatic rings. The number of methoxy groups -OCH3 is 1. The van der Waals surface area contributed by atoms with Gasteiger partial charge in [0.2, 0.25) is 0 Å². The van der Waals surface area contributed by atoms with Crippen LogP contribution < -0.4 is 0 Å². The van der Waals surface area contributed by atoms with E-state index in [1.807, 2.05) is 13.8 Å². The maximum absolute atomic E-state index is 11.9. The van der Waals surface area contributed by atoms with Crippen LogP contribution in [-0.2, 0) is 11.3 Å². The van der Waals surface area contributed by atoms with Gasteiger partial charge in [-0.15, -0.1) is 16.4 Å². The molecule has 7 heteroatoms. The van der Waals surface area contributed by atoms with Crippen LogP contribution in [0.1, 0.15) is 35.0 Å². The van der Waals surface area contributed by atoms with Gasteiger partial charge >= 0.3 is 5.97 Å². The lowest BCUT2D eigenvalue weighted by molar-refractivity contribution is 0.0595. The third kappa shape index (κ3) is 2.72. The van der Waals surface area contributed by atoms with Gasteiger partial charge < -0.3 is 4.74 Å². The van der Waals surface area contributed by atoms with Crippen molar-refractivity contribution in [3.8, 4) is 10.6 Å². The van der Waals surface area contributed by atoms with Gasteiger partial charge in [0.05, 0.1) is 22.7 Å². The number of hydrogen-bond acceptors (Lipinski definition) is 6. The average Bonchev–Trinajstić information content (AvgIpc) is 2.91. The van der Waals surface area contributed by atoms with Crippen molar-refractivity contribution in [1.82, 2.24) is 20.0 Å². The zero-order valence-corrected chi connectivity index (χ0v) is 13.1. The van der Waals surface area contributed by atoms with Gasteiger partial charge in [-0.2, -0.15) is 0 Å². The number of hydrogen-bond donors (Lipinski definition) is 0. The zero-order valence-electron chi connectivity index (χ0n) is 12.3. The molecule has 0 N–H and O–H groups in total. The molecule has 0 bridgehead atoms. The Bertz CT molecular complexity index is 630. The smallest absolute Gasteiger partial charge is 0.360 e. The summed E-state index contributed by atoms with van der Waals surface area (Å²) in [4.78, 5) is 17.2. The summed E-state index contributed by atoms with van der Waals surface area (Å²) in [6, 6.07) is 0. The predicted molar refractivity (Wildman–Crippen MR) is 76.8 cm³/mol. The molecule has 0 aliphatic carbocycles. The van der Waals surface area contributed by atoms with Gasteiger partial charge in [0, 0.05) is 6.54 Å². The second-order valence-electron chi connectivity index (χ2n) is 5.00. The normalized spacial score (nSPS) is 11.1. The van der Waals surface area contributed by atoms with E-state index in [1.54, 1.807) is 4.68 Å². The van der Waals surface area contributed by atoms with E-state index in [9.17, 15) is 4.79 Å². The van der Waals surface area contributed by atoms with Crippen molar-refractivity contribution in [3.63, 3.8) is 0 Å². The highest BCUT2D eigenvalue weighted by molar-refractivity contribution is 7.15. The molecule has 2 rings (SSSR count). The second kappa shape index (κ2) is 5.70. The van der Waals surface area contributed by atoms with Crippen molar-refractivity contribution in [2.75, 3.05) is 7.11 Å². The lowest BCUT2D eigenvalue weighted by Gasteiger charge is -2.08. The van der Waals surface area contributed by atoms with E-state index >= 15 is 0 Å². The standard InChI is InChI=1S/C13H18N4O2S/c1-7(2)6-17-11(10(15-16-17)13(18)19-5)12-8(3)14-9(4)20-12/h7H,6H2,1-5H3. The van der Waals surface area contributed by atoms with Gasteiger partial charge in [0.15, 0.2) is 5.69 Å². The maximum atomic E-state index is 11.9. The van der Waals surface area contributed by atoms with Gasteiger partial charge in [0.1, 0.15) is 5.69 Å². The van der Waals surface area contributed by atoms with Crippen LogP contribution in [0.5, 0.6) is 0 Å². The summed E-state index contributed by atoms with van der Waals surface area (Å²) in [7, 11) is 1.35. The molecule has 2 heterocycles. The average molecular weight is 294 g/mol. The van der Waals surface area contributed by atoms with Gasteiger partial charge in [-0.1, -0.05) is 19.1 Å². The summed E-state index contributed by atoms with van der Waals surface area (Å²) in [5.74, 6) is -0.0734. The van der Waals surface area contributed by atoms with Gasteiger partial charge in [-0.05, 0) is 19.8 Å². The highest BCUT2D eigenvalue weighted by Gasteiger charge is 2.25. The van der Waals surface area contributed by atoms with Crippen LogP contribution >= 0.6 is 11.3 Å². The number of carbonyl (C=O) groups is 1. The highest BCUT2D eigenvalue weighted by Crippen LogP contribution is 2.32. The van der Waals surface area contributed by atoms with E-state index in [0.717, 1.165) is 15.6 Å². The number of carbonyl (C=O) groups excluding carboxylic acids is 1. The van der Waals surface area contributed by atoms with Crippen molar-refractivity contribution in [2.24, 2.45) is 5.92 Å². The predicted octanol–water partition coefficient (Wildman–Crippen LogP) is 2.46. The lowest BCUT2D eigenvalue weighted by atomic mass is 10.2. The van der Waals surface area contributed by atoms with E-state index in [0.29, 0.717) is 18.2 Å². The van der Waals surface area contributed by atoms with Crippen LogP contribution in [0, 0.1) is 19.8 Å². The van der Waals surface area contributed by atoms with Gasteiger partial charge in [-0.3, -0.25) is 0 Å². The minimum atomic E-state index is -0.472. The molecular weight excluding hydrogens is 276 g/mol. The topological polar surface area (TPSA) is 69.9 Å². The van der Waals surface area contributed by atoms with E-state index in [-0.39, 0.29) is 5.69 Å². The molecule has 0 saturated carbocycles. The second-order valence-corrected chi connectivity index (χ2v) is 6.20. The fraction of sp³-hybridized carbons (Fsp3) is 0.538. The van der Waals surface area contributed by atoms with E-state index in [4.69, 9.17) is 4.74 Å². The molecule has 0 saturated heterocycles. The Morgan fingerprint density at radius 1 is 1.40 bits per heavy atom. The molecule has 0 aromatic carbocycles. The first-order valence-corrected chi connectivity index (χ1v) is 7.21. The lowest BCUT2D eigenvalue weighted by Crippen LogP contribution is -2.09. The summed E-state index contributed by atoms with van der Waals surface area (Å²) in [5.41, 5.74) is 1.83. The first-order valence-electron chi connectivity index (χ1n) is 6.40. The molecule has 0 atom stereocenters. The fourth-order valence-corrected chi connectivity index (χ4v) is 2.97. The number of rotatable bonds is 4. The van der Waals surface area contributed by atoms with Crippen molar-refractivity contribution in [1.29, 1.82) is 0 Å². The number of aryl methyl sites for hydroxylation is 2. The van der Waals surface area contributed by atoms with Crippen molar-refractivity contribution in [2.45, 2.75) is 34.2 Å². The summed E-state index contributed by atoms with van der Waals surface area (Å²) in [6.45, 7) is 8.74.